The van der Waals surface area contributed by atoms with E-state index in [2.05, 4.69) is 0 Å². The van der Waals surface area contributed by atoms with Gasteiger partial charge in [-0.2, -0.15) is 17.5 Å². The predicted octanol–water partition coefficient (Wildman–Crippen LogP) is 1.26. The molecular weight excluding hydrogens is 316 g/mol. The lowest BCUT2D eigenvalue weighted by atomic mass is 10.2. The molecule has 10 heteroatoms. The first-order chi connectivity index (χ1) is 9.49. The third kappa shape index (κ3) is 4.29. The number of benzene rings is 1. The van der Waals surface area contributed by atoms with Crippen LogP contribution in [0.4, 0.5) is 23.2 Å². The van der Waals surface area contributed by atoms with E-state index < -0.39 is 46.6 Å². The molecule has 0 amide bonds. The summed E-state index contributed by atoms with van der Waals surface area (Å²) in [6.07, 6.45) is -4.79. The van der Waals surface area contributed by atoms with Crippen molar-refractivity contribution in [3.05, 3.63) is 23.5 Å². The first-order valence-electron chi connectivity index (χ1n) is 5.72. The van der Waals surface area contributed by atoms with Gasteiger partial charge < -0.3 is 10.8 Å². The van der Waals surface area contributed by atoms with Gasteiger partial charge in [-0.15, -0.1) is 0 Å². The van der Waals surface area contributed by atoms with E-state index >= 15 is 0 Å². The van der Waals surface area contributed by atoms with Gasteiger partial charge >= 0.3 is 6.18 Å². The van der Waals surface area contributed by atoms with Gasteiger partial charge in [-0.3, -0.25) is 0 Å². The Hall–Kier alpha value is -1.39. The molecule has 21 heavy (non-hydrogen) atoms. The molecule has 0 saturated carbocycles. The lowest BCUT2D eigenvalue weighted by Crippen LogP contribution is -2.40. The van der Waals surface area contributed by atoms with E-state index in [1.165, 1.54) is 6.92 Å². The third-order valence-corrected chi connectivity index (χ3v) is 4.52. The predicted molar refractivity (Wildman–Crippen MR) is 67.4 cm³/mol. The molecule has 0 bridgehead atoms. The first-order valence-corrected chi connectivity index (χ1v) is 7.16. The summed E-state index contributed by atoms with van der Waals surface area (Å²) in [7, 11) is -4.62. The topological polar surface area (TPSA) is 83.6 Å². The van der Waals surface area contributed by atoms with Crippen molar-refractivity contribution in [2.75, 3.05) is 25.4 Å². The SMILES string of the molecule is Cc1c(N)cc(S(=O)(=O)N(CCO)CC(F)(F)F)cc1F. The molecule has 0 saturated heterocycles. The van der Waals surface area contributed by atoms with Gasteiger partial charge in [0.15, 0.2) is 0 Å². The average molecular weight is 330 g/mol. The normalized spacial score (nSPS) is 12.9. The van der Waals surface area contributed by atoms with Crippen LogP contribution in [0.15, 0.2) is 17.0 Å². The maximum absolute atomic E-state index is 13.5. The molecule has 1 rings (SSSR count). The van der Waals surface area contributed by atoms with Crippen LogP contribution >= 0.6 is 0 Å². The fourth-order valence-corrected chi connectivity index (χ4v) is 3.03. The highest BCUT2D eigenvalue weighted by Gasteiger charge is 2.37. The summed E-state index contributed by atoms with van der Waals surface area (Å²) in [5.41, 5.74) is 5.23. The van der Waals surface area contributed by atoms with Gasteiger partial charge in [0.05, 0.1) is 11.5 Å². The standard InChI is InChI=1S/C11H14F4N2O3S/c1-7-9(12)4-8(5-10(7)16)21(19,20)17(2-3-18)6-11(13,14)15/h4-5,18H,2-3,6,16H2,1H3. The zero-order valence-electron chi connectivity index (χ0n) is 11.0. The Balaban J connectivity index is 3.29. The molecule has 1 aromatic rings. The molecule has 0 heterocycles. The monoisotopic (exact) mass is 330 g/mol. The van der Waals surface area contributed by atoms with Crippen LogP contribution in [0.2, 0.25) is 0 Å². The van der Waals surface area contributed by atoms with Crippen LogP contribution in [0.5, 0.6) is 0 Å². The number of nitrogen functional groups attached to an aromatic ring is 1. The van der Waals surface area contributed by atoms with Crippen molar-refractivity contribution in [2.45, 2.75) is 18.0 Å². The van der Waals surface area contributed by atoms with Crippen molar-refractivity contribution >= 4 is 15.7 Å². The lowest BCUT2D eigenvalue weighted by Gasteiger charge is -2.23. The molecule has 0 aliphatic heterocycles. The molecule has 0 spiro atoms. The molecule has 0 radical (unpaired) electrons. The van der Waals surface area contributed by atoms with Crippen molar-refractivity contribution in [3.8, 4) is 0 Å². The fourth-order valence-electron chi connectivity index (χ4n) is 1.57. The first kappa shape index (κ1) is 17.7. The Labute approximate surface area is 119 Å². The Morgan fingerprint density at radius 3 is 2.33 bits per heavy atom. The smallest absolute Gasteiger partial charge is 0.398 e. The number of anilines is 1. The summed E-state index contributed by atoms with van der Waals surface area (Å²) < 4.78 is 75.0. The van der Waals surface area contributed by atoms with Crippen LogP contribution in [0, 0.1) is 12.7 Å². The molecule has 5 nitrogen and oxygen atoms in total. The highest BCUT2D eigenvalue weighted by Crippen LogP contribution is 2.26. The number of aliphatic hydroxyl groups excluding tert-OH is 1. The van der Waals surface area contributed by atoms with E-state index in [4.69, 9.17) is 10.8 Å². The van der Waals surface area contributed by atoms with Gasteiger partial charge in [0.2, 0.25) is 10.0 Å². The second-order valence-electron chi connectivity index (χ2n) is 4.30. The average Bonchev–Trinajstić information content (AvgIpc) is 2.33. The highest BCUT2D eigenvalue weighted by atomic mass is 32.2. The summed E-state index contributed by atoms with van der Waals surface area (Å²) >= 11 is 0. The summed E-state index contributed by atoms with van der Waals surface area (Å²) in [5, 5.41) is 8.72. The van der Waals surface area contributed by atoms with Gasteiger partial charge in [0, 0.05) is 17.8 Å². The molecular formula is C11H14F4N2O3S. The molecule has 0 atom stereocenters. The van der Waals surface area contributed by atoms with Crippen LogP contribution in [-0.2, 0) is 10.0 Å². The number of nitrogens with two attached hydrogens (primary N) is 1. The molecule has 0 fully saturated rings. The number of sulfonamides is 1. The van der Waals surface area contributed by atoms with Crippen molar-refractivity contribution in [3.63, 3.8) is 0 Å². The van der Waals surface area contributed by atoms with Crippen LogP contribution in [-0.4, -0.2) is 43.7 Å². The number of hydrogen-bond acceptors (Lipinski definition) is 4. The number of rotatable bonds is 5. The Kier molecular flexibility index (Phi) is 5.18. The van der Waals surface area contributed by atoms with E-state index in [1.807, 2.05) is 0 Å². The van der Waals surface area contributed by atoms with Crippen LogP contribution < -0.4 is 5.73 Å². The lowest BCUT2D eigenvalue weighted by molar-refractivity contribution is -0.136. The molecule has 0 unspecified atom stereocenters. The van der Waals surface area contributed by atoms with Crippen LogP contribution in [0.25, 0.3) is 0 Å². The largest absolute Gasteiger partial charge is 0.402 e. The minimum Gasteiger partial charge on any atom is -0.398 e. The number of aliphatic hydroxyl groups is 1. The molecule has 0 aromatic heterocycles. The molecule has 3 N–H and O–H groups in total. The van der Waals surface area contributed by atoms with Gasteiger partial charge in [0.25, 0.3) is 0 Å². The zero-order chi connectivity index (χ0) is 16.4. The van der Waals surface area contributed by atoms with Gasteiger partial charge in [-0.25, -0.2) is 12.8 Å². The third-order valence-electron chi connectivity index (χ3n) is 2.70. The Bertz CT molecular complexity index is 593. The van der Waals surface area contributed by atoms with Crippen LogP contribution in [0.3, 0.4) is 0 Å². The number of hydrogen-bond donors (Lipinski definition) is 2. The van der Waals surface area contributed by atoms with Crippen molar-refractivity contribution in [1.82, 2.24) is 4.31 Å². The summed E-state index contributed by atoms with van der Waals surface area (Å²) in [4.78, 5) is -0.694. The van der Waals surface area contributed by atoms with Crippen molar-refractivity contribution in [2.24, 2.45) is 0 Å². The minimum atomic E-state index is -4.79. The minimum absolute atomic E-state index is 0.00141. The maximum atomic E-state index is 13.5. The highest BCUT2D eigenvalue weighted by molar-refractivity contribution is 7.89. The Morgan fingerprint density at radius 2 is 1.90 bits per heavy atom. The second kappa shape index (κ2) is 6.16. The van der Waals surface area contributed by atoms with Gasteiger partial charge in [0.1, 0.15) is 12.4 Å². The number of halogens is 4. The van der Waals surface area contributed by atoms with Gasteiger partial charge in [-0.05, 0) is 19.1 Å². The van der Waals surface area contributed by atoms with E-state index in [9.17, 15) is 26.0 Å². The van der Waals surface area contributed by atoms with E-state index in [-0.39, 0.29) is 15.6 Å². The van der Waals surface area contributed by atoms with E-state index in [0.29, 0.717) is 6.07 Å². The maximum Gasteiger partial charge on any atom is 0.402 e. The zero-order valence-corrected chi connectivity index (χ0v) is 11.8. The molecule has 120 valence electrons. The summed E-state index contributed by atoms with van der Waals surface area (Å²) in [6, 6.07) is 1.48. The van der Waals surface area contributed by atoms with E-state index in [1.54, 1.807) is 0 Å². The van der Waals surface area contributed by atoms with E-state index in [0.717, 1.165) is 6.07 Å². The van der Waals surface area contributed by atoms with Gasteiger partial charge in [-0.1, -0.05) is 0 Å². The quantitative estimate of drug-likeness (QED) is 0.629. The summed E-state index contributed by atoms with van der Waals surface area (Å²) in [6.45, 7) is -2.05. The summed E-state index contributed by atoms with van der Waals surface area (Å²) in [5.74, 6) is -0.940. The molecule has 0 aliphatic carbocycles. The number of alkyl halides is 3. The van der Waals surface area contributed by atoms with Crippen molar-refractivity contribution in [1.29, 1.82) is 0 Å². The van der Waals surface area contributed by atoms with Crippen molar-refractivity contribution < 1.29 is 31.1 Å². The molecule has 1 aromatic carbocycles. The number of nitrogens with zero attached hydrogens (tertiary/aromatic N) is 1. The second-order valence-corrected chi connectivity index (χ2v) is 6.23. The van der Waals surface area contributed by atoms with Crippen LogP contribution in [0.1, 0.15) is 5.56 Å². The Morgan fingerprint density at radius 1 is 1.33 bits per heavy atom. The fraction of sp³-hybridized carbons (Fsp3) is 0.455. The molecule has 0 aliphatic rings.